The highest BCUT2D eigenvalue weighted by Crippen LogP contribution is 2.16. The Kier molecular flexibility index (Phi) is 8.42. The molecular formula is C22H29N3O5S. The molecule has 1 amide bonds. The fourth-order valence-electron chi connectivity index (χ4n) is 3.22. The van der Waals surface area contributed by atoms with E-state index in [9.17, 15) is 13.2 Å². The lowest BCUT2D eigenvalue weighted by molar-refractivity contribution is 0.0374. The number of methoxy groups -OCH3 is 1. The molecule has 1 fully saturated rings. The number of sulfonamides is 1. The Morgan fingerprint density at radius 1 is 1.06 bits per heavy atom. The van der Waals surface area contributed by atoms with Crippen LogP contribution in [0.5, 0.6) is 5.75 Å². The zero-order chi connectivity index (χ0) is 22.1. The van der Waals surface area contributed by atoms with Crippen molar-refractivity contribution in [2.75, 3.05) is 46.5 Å². The van der Waals surface area contributed by atoms with Crippen molar-refractivity contribution in [1.82, 2.24) is 14.9 Å². The van der Waals surface area contributed by atoms with Gasteiger partial charge in [-0.2, -0.15) is 0 Å². The Morgan fingerprint density at radius 2 is 1.74 bits per heavy atom. The van der Waals surface area contributed by atoms with Crippen molar-refractivity contribution in [1.29, 1.82) is 0 Å². The highest BCUT2D eigenvalue weighted by molar-refractivity contribution is 7.89. The number of hydrogen-bond acceptors (Lipinski definition) is 6. The van der Waals surface area contributed by atoms with Gasteiger partial charge in [-0.1, -0.05) is 12.1 Å². The number of nitrogens with zero attached hydrogens (tertiary/aromatic N) is 1. The molecule has 0 saturated carbocycles. The molecule has 0 spiro atoms. The summed E-state index contributed by atoms with van der Waals surface area (Å²) in [5.41, 5.74) is 1.31. The predicted octanol–water partition coefficient (Wildman–Crippen LogP) is 1.63. The van der Waals surface area contributed by atoms with Gasteiger partial charge in [0.2, 0.25) is 10.0 Å². The first-order chi connectivity index (χ1) is 15.0. The van der Waals surface area contributed by atoms with E-state index in [1.807, 2.05) is 0 Å². The number of nitrogens with one attached hydrogen (secondary N) is 2. The molecule has 2 aromatic carbocycles. The van der Waals surface area contributed by atoms with E-state index in [0.29, 0.717) is 17.9 Å². The van der Waals surface area contributed by atoms with E-state index in [2.05, 4.69) is 14.9 Å². The van der Waals surface area contributed by atoms with Gasteiger partial charge in [-0.25, -0.2) is 13.1 Å². The average Bonchev–Trinajstić information content (AvgIpc) is 2.81. The molecule has 1 heterocycles. The van der Waals surface area contributed by atoms with Gasteiger partial charge in [-0.15, -0.1) is 0 Å². The van der Waals surface area contributed by atoms with Crippen molar-refractivity contribution in [3.8, 4) is 5.75 Å². The monoisotopic (exact) mass is 447 g/mol. The molecule has 168 valence electrons. The van der Waals surface area contributed by atoms with Crippen LogP contribution < -0.4 is 14.8 Å². The number of amides is 1. The predicted molar refractivity (Wildman–Crippen MR) is 118 cm³/mol. The van der Waals surface area contributed by atoms with Crippen molar-refractivity contribution in [3.05, 3.63) is 59.7 Å². The van der Waals surface area contributed by atoms with E-state index in [1.54, 1.807) is 36.4 Å². The lowest BCUT2D eigenvalue weighted by Gasteiger charge is -2.26. The molecule has 0 unspecified atom stereocenters. The second kappa shape index (κ2) is 11.2. The van der Waals surface area contributed by atoms with Crippen LogP contribution in [0.3, 0.4) is 0 Å². The Labute approximate surface area is 183 Å². The van der Waals surface area contributed by atoms with Crippen molar-refractivity contribution in [3.63, 3.8) is 0 Å². The number of carbonyl (C=O) groups excluding carboxylic acids is 1. The van der Waals surface area contributed by atoms with Gasteiger partial charge in [0.15, 0.2) is 0 Å². The van der Waals surface area contributed by atoms with Crippen LogP contribution in [0.1, 0.15) is 22.3 Å². The minimum Gasteiger partial charge on any atom is -0.497 e. The van der Waals surface area contributed by atoms with Crippen molar-refractivity contribution in [2.45, 2.75) is 17.9 Å². The van der Waals surface area contributed by atoms with E-state index < -0.39 is 10.0 Å². The lowest BCUT2D eigenvalue weighted by Crippen LogP contribution is -2.38. The summed E-state index contributed by atoms with van der Waals surface area (Å²) >= 11 is 0. The lowest BCUT2D eigenvalue weighted by atomic mass is 10.1. The van der Waals surface area contributed by atoms with Crippen LogP contribution in [-0.2, 0) is 21.3 Å². The van der Waals surface area contributed by atoms with Gasteiger partial charge < -0.3 is 14.8 Å². The number of benzene rings is 2. The van der Waals surface area contributed by atoms with Gasteiger partial charge in [0.05, 0.1) is 25.2 Å². The van der Waals surface area contributed by atoms with Gasteiger partial charge in [-0.3, -0.25) is 9.69 Å². The SMILES string of the molecule is COc1ccc(S(=O)(=O)NCc2ccc(C(=O)NCCCN3CCOCC3)cc2)cc1. The van der Waals surface area contributed by atoms with E-state index in [1.165, 1.54) is 19.2 Å². The summed E-state index contributed by atoms with van der Waals surface area (Å²) in [6.07, 6.45) is 0.886. The molecule has 1 aliphatic rings. The highest BCUT2D eigenvalue weighted by atomic mass is 32.2. The molecule has 0 aromatic heterocycles. The summed E-state index contributed by atoms with van der Waals surface area (Å²) in [4.78, 5) is 14.8. The van der Waals surface area contributed by atoms with Gasteiger partial charge in [0, 0.05) is 31.7 Å². The molecular weight excluding hydrogens is 418 g/mol. The molecule has 2 aromatic rings. The fourth-order valence-corrected chi connectivity index (χ4v) is 4.24. The highest BCUT2D eigenvalue weighted by Gasteiger charge is 2.14. The summed E-state index contributed by atoms with van der Waals surface area (Å²) in [5.74, 6) is 0.459. The topological polar surface area (TPSA) is 97.0 Å². The summed E-state index contributed by atoms with van der Waals surface area (Å²) < 4.78 is 37.8. The van der Waals surface area contributed by atoms with E-state index in [4.69, 9.17) is 9.47 Å². The Morgan fingerprint density at radius 3 is 2.39 bits per heavy atom. The molecule has 0 radical (unpaired) electrons. The van der Waals surface area contributed by atoms with Crippen molar-refractivity contribution in [2.24, 2.45) is 0 Å². The van der Waals surface area contributed by atoms with Crippen LogP contribution in [-0.4, -0.2) is 65.7 Å². The number of rotatable bonds is 10. The quantitative estimate of drug-likeness (QED) is 0.538. The molecule has 9 heteroatoms. The second-order valence-electron chi connectivity index (χ2n) is 7.26. The average molecular weight is 448 g/mol. The Bertz CT molecular complexity index is 940. The first-order valence-corrected chi connectivity index (χ1v) is 11.8. The van der Waals surface area contributed by atoms with Gasteiger partial charge in [0.25, 0.3) is 5.91 Å². The third kappa shape index (κ3) is 7.03. The van der Waals surface area contributed by atoms with Gasteiger partial charge in [-0.05, 0) is 54.9 Å². The standard InChI is InChI=1S/C22H29N3O5S/c1-29-20-7-9-21(10-8-20)31(27,28)24-17-18-3-5-19(6-4-18)22(26)23-11-2-12-25-13-15-30-16-14-25/h3-10,24H,2,11-17H2,1H3,(H,23,26). The number of morpholine rings is 1. The first-order valence-electron chi connectivity index (χ1n) is 10.3. The molecule has 31 heavy (non-hydrogen) atoms. The molecule has 1 aliphatic heterocycles. The normalized spacial score (nSPS) is 14.9. The van der Waals surface area contributed by atoms with Crippen LogP contribution in [0.2, 0.25) is 0 Å². The van der Waals surface area contributed by atoms with E-state index in [-0.39, 0.29) is 17.3 Å². The molecule has 1 saturated heterocycles. The van der Waals surface area contributed by atoms with Crippen LogP contribution >= 0.6 is 0 Å². The molecule has 3 rings (SSSR count). The van der Waals surface area contributed by atoms with Crippen LogP contribution in [0.4, 0.5) is 0 Å². The molecule has 8 nitrogen and oxygen atoms in total. The third-order valence-electron chi connectivity index (χ3n) is 5.09. The summed E-state index contributed by atoms with van der Waals surface area (Å²) in [6.45, 7) is 5.12. The van der Waals surface area contributed by atoms with Crippen LogP contribution in [0, 0.1) is 0 Å². The maximum atomic E-state index is 12.4. The second-order valence-corrected chi connectivity index (χ2v) is 9.03. The molecule has 0 bridgehead atoms. The molecule has 0 aliphatic carbocycles. The largest absolute Gasteiger partial charge is 0.497 e. The minimum atomic E-state index is -3.63. The summed E-state index contributed by atoms with van der Waals surface area (Å²) in [5, 5.41) is 2.93. The summed E-state index contributed by atoms with van der Waals surface area (Å²) in [7, 11) is -2.11. The number of carbonyl (C=O) groups is 1. The van der Waals surface area contributed by atoms with Crippen LogP contribution in [0.25, 0.3) is 0 Å². The maximum Gasteiger partial charge on any atom is 0.251 e. The van der Waals surface area contributed by atoms with E-state index in [0.717, 1.165) is 44.8 Å². The zero-order valence-electron chi connectivity index (χ0n) is 17.7. The third-order valence-corrected chi connectivity index (χ3v) is 6.51. The van der Waals surface area contributed by atoms with Gasteiger partial charge in [0.1, 0.15) is 5.75 Å². The molecule has 0 atom stereocenters. The number of hydrogen-bond donors (Lipinski definition) is 2. The smallest absolute Gasteiger partial charge is 0.251 e. The number of ether oxygens (including phenoxy) is 2. The molecule has 2 N–H and O–H groups in total. The Hall–Kier alpha value is -2.46. The van der Waals surface area contributed by atoms with E-state index >= 15 is 0 Å². The minimum absolute atomic E-state index is 0.132. The fraction of sp³-hybridized carbons (Fsp3) is 0.409. The maximum absolute atomic E-state index is 12.4. The Balaban J connectivity index is 1.43. The van der Waals surface area contributed by atoms with Crippen molar-refractivity contribution >= 4 is 15.9 Å². The van der Waals surface area contributed by atoms with Crippen LogP contribution in [0.15, 0.2) is 53.4 Å². The van der Waals surface area contributed by atoms with Gasteiger partial charge >= 0.3 is 0 Å². The van der Waals surface area contributed by atoms with Crippen molar-refractivity contribution < 1.29 is 22.7 Å². The summed E-state index contributed by atoms with van der Waals surface area (Å²) in [6, 6.07) is 13.1. The first kappa shape index (κ1) is 23.2. The zero-order valence-corrected chi connectivity index (χ0v) is 18.5.